The Labute approximate surface area is 118 Å². The number of rotatable bonds is 5. The monoisotopic (exact) mass is 298 g/mol. The minimum atomic E-state index is -3.37. The lowest BCUT2D eigenvalue weighted by molar-refractivity contribution is -0.140. The third-order valence-electron chi connectivity index (χ3n) is 3.53. The molecule has 2 rings (SSSR count). The molecular formula is C14H18O5S. The topological polar surface area (TPSA) is 69.7 Å². The Balaban J connectivity index is 2.08. The van der Waals surface area contributed by atoms with Gasteiger partial charge in [0.15, 0.2) is 9.84 Å². The van der Waals surface area contributed by atoms with Crippen molar-refractivity contribution in [1.82, 2.24) is 0 Å². The Morgan fingerprint density at radius 2 is 2.15 bits per heavy atom. The highest BCUT2D eigenvalue weighted by Gasteiger charge is 2.32. The van der Waals surface area contributed by atoms with E-state index in [1.807, 2.05) is 24.3 Å². The molecule has 20 heavy (non-hydrogen) atoms. The number of fused-ring (bicyclic) bond motifs is 1. The van der Waals surface area contributed by atoms with Crippen LogP contribution < -0.4 is 4.74 Å². The third-order valence-corrected chi connectivity index (χ3v) is 5.79. The van der Waals surface area contributed by atoms with Crippen LogP contribution in [-0.2, 0) is 19.4 Å². The summed E-state index contributed by atoms with van der Waals surface area (Å²) in [5.74, 6) is 0.0519. The van der Waals surface area contributed by atoms with Crippen LogP contribution in [0.3, 0.4) is 0 Å². The van der Waals surface area contributed by atoms with E-state index in [2.05, 4.69) is 4.74 Å². The standard InChI is InChI=1S/C14H18O5S/c1-10(7-14(15)18-2)20(16,17)9-11-8-19-13-6-4-3-5-12(11)13/h3-6,10-11H,7-9H2,1-2H3. The Bertz CT molecular complexity index is 593. The number of carbonyl (C=O) groups is 1. The van der Waals surface area contributed by atoms with Crippen LogP contribution >= 0.6 is 0 Å². The van der Waals surface area contributed by atoms with Gasteiger partial charge in [0.1, 0.15) is 5.75 Å². The van der Waals surface area contributed by atoms with E-state index in [9.17, 15) is 13.2 Å². The number of para-hydroxylation sites is 1. The molecule has 0 amide bonds. The fourth-order valence-corrected chi connectivity index (χ4v) is 3.81. The molecule has 6 heteroatoms. The molecule has 0 fully saturated rings. The highest BCUT2D eigenvalue weighted by molar-refractivity contribution is 7.92. The first-order valence-electron chi connectivity index (χ1n) is 6.44. The van der Waals surface area contributed by atoms with Gasteiger partial charge in [-0.1, -0.05) is 18.2 Å². The van der Waals surface area contributed by atoms with Gasteiger partial charge in [-0.05, 0) is 13.0 Å². The van der Waals surface area contributed by atoms with Gasteiger partial charge < -0.3 is 9.47 Å². The number of methoxy groups -OCH3 is 1. The van der Waals surface area contributed by atoms with Crippen LogP contribution in [0.25, 0.3) is 0 Å². The lowest BCUT2D eigenvalue weighted by Gasteiger charge is -2.15. The summed E-state index contributed by atoms with van der Waals surface area (Å²) in [6.45, 7) is 1.90. The van der Waals surface area contributed by atoms with Crippen molar-refractivity contribution in [2.24, 2.45) is 0 Å². The SMILES string of the molecule is COC(=O)CC(C)S(=O)(=O)CC1COc2ccccc21. The number of benzene rings is 1. The average Bonchev–Trinajstić information content (AvgIpc) is 2.81. The maximum atomic E-state index is 12.3. The van der Waals surface area contributed by atoms with Gasteiger partial charge in [-0.2, -0.15) is 0 Å². The van der Waals surface area contributed by atoms with Crippen molar-refractivity contribution in [2.45, 2.75) is 24.5 Å². The van der Waals surface area contributed by atoms with Crippen molar-refractivity contribution in [3.63, 3.8) is 0 Å². The van der Waals surface area contributed by atoms with E-state index in [0.29, 0.717) is 6.61 Å². The fraction of sp³-hybridized carbons (Fsp3) is 0.500. The van der Waals surface area contributed by atoms with Crippen LogP contribution in [-0.4, -0.2) is 39.1 Å². The summed E-state index contributed by atoms with van der Waals surface area (Å²) >= 11 is 0. The summed E-state index contributed by atoms with van der Waals surface area (Å²) in [7, 11) is -2.12. The second-order valence-electron chi connectivity index (χ2n) is 4.97. The Morgan fingerprint density at radius 3 is 2.85 bits per heavy atom. The van der Waals surface area contributed by atoms with Gasteiger partial charge in [0.25, 0.3) is 0 Å². The van der Waals surface area contributed by atoms with Gasteiger partial charge in [-0.3, -0.25) is 4.79 Å². The highest BCUT2D eigenvalue weighted by atomic mass is 32.2. The summed E-state index contributed by atoms with van der Waals surface area (Å²) in [5.41, 5.74) is 0.918. The van der Waals surface area contributed by atoms with Crippen LogP contribution in [0.1, 0.15) is 24.8 Å². The van der Waals surface area contributed by atoms with Crippen molar-refractivity contribution in [2.75, 3.05) is 19.5 Å². The van der Waals surface area contributed by atoms with Crippen molar-refractivity contribution in [3.8, 4) is 5.75 Å². The molecule has 0 spiro atoms. The Morgan fingerprint density at radius 1 is 1.45 bits per heavy atom. The van der Waals surface area contributed by atoms with E-state index in [4.69, 9.17) is 4.74 Å². The number of carbonyl (C=O) groups excluding carboxylic acids is 1. The van der Waals surface area contributed by atoms with Gasteiger partial charge in [0.05, 0.1) is 31.1 Å². The zero-order valence-corrected chi connectivity index (χ0v) is 12.4. The molecule has 1 aromatic rings. The Hall–Kier alpha value is -1.56. The molecule has 0 aliphatic carbocycles. The molecule has 1 aliphatic heterocycles. The van der Waals surface area contributed by atoms with E-state index in [0.717, 1.165) is 11.3 Å². The lowest BCUT2D eigenvalue weighted by Crippen LogP contribution is -2.27. The van der Waals surface area contributed by atoms with Gasteiger partial charge in [-0.25, -0.2) is 8.42 Å². The molecule has 1 heterocycles. The van der Waals surface area contributed by atoms with E-state index >= 15 is 0 Å². The van der Waals surface area contributed by atoms with Gasteiger partial charge in [-0.15, -0.1) is 0 Å². The number of hydrogen-bond donors (Lipinski definition) is 0. The van der Waals surface area contributed by atoms with Crippen LogP contribution in [0.5, 0.6) is 5.75 Å². The van der Waals surface area contributed by atoms with Crippen LogP contribution in [0.4, 0.5) is 0 Å². The molecule has 0 N–H and O–H groups in total. The summed E-state index contributed by atoms with van der Waals surface area (Å²) in [6.07, 6.45) is -0.117. The molecule has 0 saturated heterocycles. The molecular weight excluding hydrogens is 280 g/mol. The summed E-state index contributed by atoms with van der Waals surface area (Å²) in [6, 6.07) is 7.44. The lowest BCUT2D eigenvalue weighted by atomic mass is 10.0. The largest absolute Gasteiger partial charge is 0.493 e. The van der Waals surface area contributed by atoms with Gasteiger partial charge in [0, 0.05) is 11.5 Å². The molecule has 0 radical (unpaired) electrons. The molecule has 0 aromatic heterocycles. The molecule has 2 unspecified atom stereocenters. The molecule has 0 bridgehead atoms. The summed E-state index contributed by atoms with van der Waals surface area (Å²) < 4.78 is 34.6. The van der Waals surface area contributed by atoms with Crippen molar-refractivity contribution in [3.05, 3.63) is 29.8 Å². The number of sulfone groups is 1. The first-order chi connectivity index (χ1) is 9.44. The smallest absolute Gasteiger partial charge is 0.306 e. The van der Waals surface area contributed by atoms with Crippen molar-refractivity contribution >= 4 is 15.8 Å². The van der Waals surface area contributed by atoms with Crippen molar-refractivity contribution < 1.29 is 22.7 Å². The molecule has 1 aromatic carbocycles. The fourth-order valence-electron chi connectivity index (χ4n) is 2.26. The first kappa shape index (κ1) is 14.8. The molecule has 0 saturated carbocycles. The second-order valence-corrected chi connectivity index (χ2v) is 7.43. The minimum Gasteiger partial charge on any atom is -0.493 e. The predicted octanol–water partition coefficient (Wildman–Crippen LogP) is 1.53. The number of hydrogen-bond acceptors (Lipinski definition) is 5. The van der Waals surface area contributed by atoms with Gasteiger partial charge in [0.2, 0.25) is 0 Å². The molecule has 2 atom stereocenters. The second kappa shape index (κ2) is 5.83. The number of ether oxygens (including phenoxy) is 2. The summed E-state index contributed by atoms with van der Waals surface area (Å²) in [4.78, 5) is 11.2. The Kier molecular flexibility index (Phi) is 4.32. The third kappa shape index (κ3) is 3.12. The van der Waals surface area contributed by atoms with Crippen LogP contribution in [0.15, 0.2) is 24.3 Å². The quantitative estimate of drug-likeness (QED) is 0.771. The highest BCUT2D eigenvalue weighted by Crippen LogP contribution is 2.34. The van der Waals surface area contributed by atoms with E-state index < -0.39 is 21.1 Å². The van der Waals surface area contributed by atoms with Gasteiger partial charge >= 0.3 is 5.97 Å². The van der Waals surface area contributed by atoms with E-state index in [-0.39, 0.29) is 18.1 Å². The predicted molar refractivity (Wildman–Crippen MR) is 74.6 cm³/mol. The van der Waals surface area contributed by atoms with E-state index in [1.54, 1.807) is 0 Å². The maximum Gasteiger partial charge on any atom is 0.306 e. The normalized spacial score (nSPS) is 19.0. The molecule has 110 valence electrons. The van der Waals surface area contributed by atoms with E-state index in [1.165, 1.54) is 14.0 Å². The molecule has 1 aliphatic rings. The first-order valence-corrected chi connectivity index (χ1v) is 8.15. The number of esters is 1. The van der Waals surface area contributed by atoms with Crippen LogP contribution in [0.2, 0.25) is 0 Å². The zero-order chi connectivity index (χ0) is 14.8. The summed E-state index contributed by atoms with van der Waals surface area (Å²) in [5, 5.41) is -0.747. The molecule has 5 nitrogen and oxygen atoms in total. The zero-order valence-electron chi connectivity index (χ0n) is 11.5. The minimum absolute atomic E-state index is 0.0117. The van der Waals surface area contributed by atoms with Crippen molar-refractivity contribution in [1.29, 1.82) is 0 Å². The average molecular weight is 298 g/mol. The van der Waals surface area contributed by atoms with Crippen LogP contribution in [0, 0.1) is 0 Å². The maximum absolute atomic E-state index is 12.3.